The zero-order valence-corrected chi connectivity index (χ0v) is 15.4. The molecule has 0 aliphatic carbocycles. The second-order valence-corrected chi connectivity index (χ2v) is 6.82. The maximum absolute atomic E-state index is 13.3. The van der Waals surface area contributed by atoms with E-state index in [1.165, 1.54) is 0 Å². The Labute approximate surface area is 158 Å². The Balaban J connectivity index is 1.75. The van der Waals surface area contributed by atoms with Crippen LogP contribution in [0.4, 0.5) is 0 Å². The molecule has 140 valence electrons. The molecule has 0 aromatic heterocycles. The topological polar surface area (TPSA) is 67.9 Å². The molecule has 1 N–H and O–H groups in total. The van der Waals surface area contributed by atoms with Crippen LogP contribution in [0.15, 0.2) is 42.5 Å². The summed E-state index contributed by atoms with van der Waals surface area (Å²) in [5, 5.41) is 2.90. The van der Waals surface area contributed by atoms with E-state index in [0.29, 0.717) is 24.5 Å². The molecule has 2 amide bonds. The Hall–Kier alpha value is -3.02. The van der Waals surface area contributed by atoms with Gasteiger partial charge in [0, 0.05) is 6.54 Å². The van der Waals surface area contributed by atoms with Crippen LogP contribution in [0.25, 0.3) is 0 Å². The highest BCUT2D eigenvalue weighted by Gasteiger charge is 2.40. The van der Waals surface area contributed by atoms with Gasteiger partial charge in [-0.3, -0.25) is 9.59 Å². The number of benzene rings is 2. The van der Waals surface area contributed by atoms with Gasteiger partial charge in [-0.1, -0.05) is 30.3 Å². The van der Waals surface area contributed by atoms with Crippen molar-refractivity contribution in [3.63, 3.8) is 0 Å². The normalized spacial score (nSPS) is 21.6. The molecule has 0 radical (unpaired) electrons. The molecule has 6 nitrogen and oxygen atoms in total. The van der Waals surface area contributed by atoms with Gasteiger partial charge >= 0.3 is 0 Å². The number of nitrogens with zero attached hydrogens (tertiary/aromatic N) is 1. The molecule has 0 bridgehead atoms. The summed E-state index contributed by atoms with van der Waals surface area (Å²) in [6, 6.07) is 12.3. The minimum absolute atomic E-state index is 0.0718. The van der Waals surface area contributed by atoms with Gasteiger partial charge in [0.05, 0.1) is 26.7 Å². The number of hydrogen-bond donors (Lipinski definition) is 1. The minimum Gasteiger partial charge on any atom is -0.493 e. The van der Waals surface area contributed by atoms with Gasteiger partial charge in [-0.05, 0) is 35.2 Å². The van der Waals surface area contributed by atoms with Gasteiger partial charge < -0.3 is 19.7 Å². The van der Waals surface area contributed by atoms with Crippen LogP contribution in [0.1, 0.15) is 35.2 Å². The fourth-order valence-electron chi connectivity index (χ4n) is 4.01. The van der Waals surface area contributed by atoms with E-state index in [9.17, 15) is 9.59 Å². The Morgan fingerprint density at radius 2 is 1.74 bits per heavy atom. The molecule has 0 spiro atoms. The summed E-state index contributed by atoms with van der Waals surface area (Å²) in [6.07, 6.45) is 0.950. The summed E-state index contributed by atoms with van der Waals surface area (Å²) in [7, 11) is 3.19. The second-order valence-electron chi connectivity index (χ2n) is 6.82. The maximum Gasteiger partial charge on any atom is 0.250 e. The highest BCUT2D eigenvalue weighted by Crippen LogP contribution is 2.41. The van der Waals surface area contributed by atoms with Crippen LogP contribution in [0.5, 0.6) is 11.5 Å². The van der Waals surface area contributed by atoms with E-state index >= 15 is 0 Å². The van der Waals surface area contributed by atoms with Gasteiger partial charge in [-0.15, -0.1) is 0 Å². The Morgan fingerprint density at radius 3 is 2.44 bits per heavy atom. The Kier molecular flexibility index (Phi) is 4.48. The minimum atomic E-state index is -0.648. The molecule has 2 aromatic carbocycles. The highest BCUT2D eigenvalue weighted by atomic mass is 16.5. The van der Waals surface area contributed by atoms with Crippen LogP contribution in [0.3, 0.4) is 0 Å². The van der Waals surface area contributed by atoms with Gasteiger partial charge in [0.25, 0.3) is 0 Å². The first kappa shape index (κ1) is 17.4. The van der Waals surface area contributed by atoms with Crippen molar-refractivity contribution in [1.82, 2.24) is 10.2 Å². The average Bonchev–Trinajstić information content (AvgIpc) is 2.83. The summed E-state index contributed by atoms with van der Waals surface area (Å²) in [6.45, 7) is 0.574. The molecule has 0 saturated carbocycles. The monoisotopic (exact) mass is 366 g/mol. The molecule has 2 heterocycles. The second kappa shape index (κ2) is 6.95. The van der Waals surface area contributed by atoms with E-state index in [1.54, 1.807) is 14.2 Å². The van der Waals surface area contributed by atoms with E-state index in [1.807, 2.05) is 47.4 Å². The van der Waals surface area contributed by atoms with Crippen LogP contribution in [-0.4, -0.2) is 37.5 Å². The smallest absolute Gasteiger partial charge is 0.250 e. The predicted octanol–water partition coefficient (Wildman–Crippen LogP) is 2.39. The zero-order valence-electron chi connectivity index (χ0n) is 15.4. The lowest BCUT2D eigenvalue weighted by Gasteiger charge is -2.37. The van der Waals surface area contributed by atoms with Crippen molar-refractivity contribution in [3.05, 3.63) is 59.2 Å². The number of carbonyl (C=O) groups is 2. The molecule has 2 aliphatic heterocycles. The molecule has 1 saturated heterocycles. The van der Waals surface area contributed by atoms with Gasteiger partial charge in [0.1, 0.15) is 6.04 Å². The molecule has 2 aromatic rings. The number of carbonyl (C=O) groups excluding carboxylic acids is 2. The number of ether oxygens (including phenoxy) is 2. The van der Waals surface area contributed by atoms with E-state index in [0.717, 1.165) is 16.7 Å². The molecule has 2 aliphatic rings. The first-order valence-electron chi connectivity index (χ1n) is 9.02. The Morgan fingerprint density at radius 1 is 1.04 bits per heavy atom. The van der Waals surface area contributed by atoms with Crippen molar-refractivity contribution >= 4 is 11.8 Å². The lowest BCUT2D eigenvalue weighted by molar-refractivity contribution is -0.135. The lowest BCUT2D eigenvalue weighted by Crippen LogP contribution is -2.42. The van der Waals surface area contributed by atoms with Crippen molar-refractivity contribution in [2.45, 2.75) is 24.9 Å². The molecule has 1 fully saturated rings. The summed E-state index contributed by atoms with van der Waals surface area (Å²) in [4.78, 5) is 27.7. The summed E-state index contributed by atoms with van der Waals surface area (Å²) in [5.74, 6) is 1.07. The lowest BCUT2D eigenvalue weighted by atomic mass is 9.90. The van der Waals surface area contributed by atoms with Crippen LogP contribution in [0, 0.1) is 0 Å². The van der Waals surface area contributed by atoms with Crippen LogP contribution < -0.4 is 14.8 Å². The van der Waals surface area contributed by atoms with Gasteiger partial charge in [-0.25, -0.2) is 0 Å². The van der Waals surface area contributed by atoms with Gasteiger partial charge in [0.15, 0.2) is 11.5 Å². The molecular formula is C21H22N2O4. The molecule has 27 heavy (non-hydrogen) atoms. The van der Waals surface area contributed by atoms with Crippen molar-refractivity contribution in [2.75, 3.05) is 20.8 Å². The van der Waals surface area contributed by atoms with Crippen molar-refractivity contribution in [3.8, 4) is 11.5 Å². The van der Waals surface area contributed by atoms with E-state index in [-0.39, 0.29) is 24.3 Å². The average molecular weight is 366 g/mol. The first-order valence-corrected chi connectivity index (χ1v) is 9.02. The maximum atomic E-state index is 13.3. The first-order chi connectivity index (χ1) is 13.1. The van der Waals surface area contributed by atoms with E-state index in [4.69, 9.17) is 9.47 Å². The molecule has 4 rings (SSSR count). The van der Waals surface area contributed by atoms with E-state index < -0.39 is 6.04 Å². The standard InChI is InChI=1S/C21H22N2O4/c1-26-17-10-14-8-9-23-16(15(14)11-18(17)27-2)12-19(24)22-20(21(23)25)13-6-4-3-5-7-13/h3-7,10-11,16,20H,8-9,12H2,1-2H3,(H,22,24). The fraction of sp³-hybridized carbons (Fsp3) is 0.333. The number of fused-ring (bicyclic) bond motifs is 3. The zero-order chi connectivity index (χ0) is 19.0. The number of methoxy groups -OCH3 is 2. The molecular weight excluding hydrogens is 344 g/mol. The molecule has 2 atom stereocenters. The Bertz CT molecular complexity index is 881. The number of rotatable bonds is 3. The quantitative estimate of drug-likeness (QED) is 0.906. The van der Waals surface area contributed by atoms with Gasteiger partial charge in [0.2, 0.25) is 11.8 Å². The third kappa shape index (κ3) is 3.01. The van der Waals surface area contributed by atoms with Crippen molar-refractivity contribution in [1.29, 1.82) is 0 Å². The van der Waals surface area contributed by atoms with Crippen LogP contribution in [0.2, 0.25) is 0 Å². The molecule has 2 unspecified atom stereocenters. The predicted molar refractivity (Wildman–Crippen MR) is 99.6 cm³/mol. The fourth-order valence-corrected chi connectivity index (χ4v) is 4.01. The summed E-state index contributed by atoms with van der Waals surface area (Å²) < 4.78 is 10.8. The highest BCUT2D eigenvalue weighted by molar-refractivity contribution is 5.92. The third-order valence-corrected chi connectivity index (χ3v) is 5.35. The number of nitrogens with one attached hydrogen (secondary N) is 1. The van der Waals surface area contributed by atoms with E-state index in [2.05, 4.69) is 5.32 Å². The van der Waals surface area contributed by atoms with Crippen LogP contribution >= 0.6 is 0 Å². The summed E-state index contributed by atoms with van der Waals surface area (Å²) >= 11 is 0. The third-order valence-electron chi connectivity index (χ3n) is 5.35. The number of amides is 2. The van der Waals surface area contributed by atoms with Crippen molar-refractivity contribution in [2.24, 2.45) is 0 Å². The SMILES string of the molecule is COc1cc2c(cc1OC)C1CC(=O)NC(c3ccccc3)C(=O)N1CC2. The van der Waals surface area contributed by atoms with Gasteiger partial charge in [-0.2, -0.15) is 0 Å². The molecule has 6 heteroatoms. The number of hydrogen-bond acceptors (Lipinski definition) is 4. The van der Waals surface area contributed by atoms with Crippen LogP contribution in [-0.2, 0) is 16.0 Å². The summed E-state index contributed by atoms with van der Waals surface area (Å²) in [5.41, 5.74) is 2.85. The van der Waals surface area contributed by atoms with Crippen molar-refractivity contribution < 1.29 is 19.1 Å². The largest absolute Gasteiger partial charge is 0.493 e.